The summed E-state index contributed by atoms with van der Waals surface area (Å²) in [5, 5.41) is 5.78. The maximum absolute atomic E-state index is 11.4. The molecule has 5 nitrogen and oxygen atoms in total. The molecule has 1 atom stereocenters. The summed E-state index contributed by atoms with van der Waals surface area (Å²) in [6.07, 6.45) is 0. The zero-order valence-electron chi connectivity index (χ0n) is 10.9. The van der Waals surface area contributed by atoms with Crippen molar-refractivity contribution in [2.45, 2.75) is 19.9 Å². The van der Waals surface area contributed by atoms with Gasteiger partial charge in [0.05, 0.1) is 6.54 Å². The molecule has 0 spiro atoms. The number of carbonyl (C=O) groups is 2. The van der Waals surface area contributed by atoms with Gasteiger partial charge in [-0.2, -0.15) is 0 Å². The van der Waals surface area contributed by atoms with Crippen molar-refractivity contribution in [1.82, 2.24) is 10.6 Å². The molecule has 1 rings (SSSR count). The molecule has 0 aromatic heterocycles. The highest BCUT2D eigenvalue weighted by Gasteiger charge is 2.16. The lowest BCUT2D eigenvalue weighted by atomic mass is 9.96. The number of hydrogen-bond acceptors (Lipinski definition) is 3. The van der Waals surface area contributed by atoms with Gasteiger partial charge < -0.3 is 11.1 Å². The Bertz CT molecular complexity index is 446. The maximum Gasteiger partial charge on any atom is 0.318 e. The van der Waals surface area contributed by atoms with Crippen LogP contribution < -0.4 is 16.4 Å². The molecule has 1 aromatic carbocycles. The number of nitrogens with two attached hydrogens (primary N) is 1. The van der Waals surface area contributed by atoms with Gasteiger partial charge in [0, 0.05) is 11.1 Å². The lowest BCUT2D eigenvalue weighted by Crippen LogP contribution is -2.42. The minimum absolute atomic E-state index is 0.00380. The molecule has 0 aliphatic carbocycles. The zero-order valence-corrected chi connectivity index (χ0v) is 11.7. The first-order valence-electron chi connectivity index (χ1n) is 5.98. The van der Waals surface area contributed by atoms with Gasteiger partial charge in [0.2, 0.25) is 5.91 Å². The second-order valence-corrected chi connectivity index (χ2v) is 5.00. The van der Waals surface area contributed by atoms with E-state index in [9.17, 15) is 9.59 Å². The van der Waals surface area contributed by atoms with E-state index in [0.717, 1.165) is 5.56 Å². The summed E-state index contributed by atoms with van der Waals surface area (Å²) in [5.74, 6) is -0.172. The van der Waals surface area contributed by atoms with E-state index in [-0.39, 0.29) is 18.5 Å². The molecule has 0 bridgehead atoms. The number of carbonyl (C=O) groups excluding carboxylic acids is 2. The molecule has 6 heteroatoms. The van der Waals surface area contributed by atoms with Crippen molar-refractivity contribution in [3.05, 3.63) is 34.9 Å². The smallest absolute Gasteiger partial charge is 0.318 e. The first-order valence-corrected chi connectivity index (χ1v) is 6.36. The van der Waals surface area contributed by atoms with Crippen molar-refractivity contribution < 1.29 is 9.59 Å². The van der Waals surface area contributed by atoms with Gasteiger partial charge in [0.1, 0.15) is 0 Å². The summed E-state index contributed by atoms with van der Waals surface area (Å²) in [5.41, 5.74) is 5.91. The minimum Gasteiger partial charge on any atom is -0.351 e. The van der Waals surface area contributed by atoms with Crippen LogP contribution >= 0.6 is 11.6 Å². The predicted molar refractivity (Wildman–Crippen MR) is 74.8 cm³/mol. The van der Waals surface area contributed by atoms with E-state index in [1.54, 1.807) is 12.1 Å². The fourth-order valence-corrected chi connectivity index (χ4v) is 1.92. The van der Waals surface area contributed by atoms with E-state index >= 15 is 0 Å². The van der Waals surface area contributed by atoms with Crippen LogP contribution in [-0.4, -0.2) is 18.5 Å². The Morgan fingerprint density at radius 3 is 2.32 bits per heavy atom. The van der Waals surface area contributed by atoms with E-state index in [1.165, 1.54) is 0 Å². The van der Waals surface area contributed by atoms with Crippen molar-refractivity contribution in [3.63, 3.8) is 0 Å². The Morgan fingerprint density at radius 1 is 1.26 bits per heavy atom. The van der Waals surface area contributed by atoms with E-state index in [2.05, 4.69) is 5.32 Å². The molecule has 0 aliphatic heterocycles. The Morgan fingerprint density at radius 2 is 1.84 bits per heavy atom. The number of benzene rings is 1. The standard InChI is InChI=1S/C13H18ClN3O2/c1-8(2)12(9-3-5-10(14)6-4-9)16-7-11(18)17-13(15)19/h3-6,8,12,16H,7H2,1-2H3,(H3,15,17,18,19). The van der Waals surface area contributed by atoms with Crippen LogP contribution in [0.5, 0.6) is 0 Å². The normalized spacial score (nSPS) is 12.2. The molecule has 0 radical (unpaired) electrons. The van der Waals surface area contributed by atoms with Crippen LogP contribution in [0.15, 0.2) is 24.3 Å². The minimum atomic E-state index is -0.848. The van der Waals surface area contributed by atoms with Gasteiger partial charge in [-0.05, 0) is 23.6 Å². The van der Waals surface area contributed by atoms with Gasteiger partial charge in [0.25, 0.3) is 0 Å². The molecule has 0 aliphatic rings. The van der Waals surface area contributed by atoms with Crippen LogP contribution in [0, 0.1) is 5.92 Å². The molecule has 1 aromatic rings. The van der Waals surface area contributed by atoms with Gasteiger partial charge in [-0.25, -0.2) is 4.79 Å². The number of rotatable bonds is 5. The zero-order chi connectivity index (χ0) is 14.4. The molecular weight excluding hydrogens is 266 g/mol. The highest BCUT2D eigenvalue weighted by molar-refractivity contribution is 6.30. The summed E-state index contributed by atoms with van der Waals surface area (Å²) >= 11 is 5.84. The van der Waals surface area contributed by atoms with Gasteiger partial charge in [-0.15, -0.1) is 0 Å². The Labute approximate surface area is 117 Å². The van der Waals surface area contributed by atoms with Gasteiger partial charge in [0.15, 0.2) is 0 Å². The molecule has 1 unspecified atom stereocenters. The molecule has 0 fully saturated rings. The number of hydrogen-bond donors (Lipinski definition) is 3. The predicted octanol–water partition coefficient (Wildman–Crippen LogP) is 1.82. The third-order valence-corrected chi connectivity index (χ3v) is 2.89. The van der Waals surface area contributed by atoms with Crippen LogP contribution in [0.4, 0.5) is 4.79 Å². The van der Waals surface area contributed by atoms with Crippen LogP contribution in [0.3, 0.4) is 0 Å². The number of amides is 3. The van der Waals surface area contributed by atoms with E-state index in [4.69, 9.17) is 17.3 Å². The first kappa shape index (κ1) is 15.5. The quantitative estimate of drug-likeness (QED) is 0.771. The Hall–Kier alpha value is -1.59. The molecule has 0 saturated carbocycles. The lowest BCUT2D eigenvalue weighted by Gasteiger charge is -2.22. The van der Waals surface area contributed by atoms with Crippen molar-refractivity contribution >= 4 is 23.5 Å². The second-order valence-electron chi connectivity index (χ2n) is 4.57. The lowest BCUT2D eigenvalue weighted by molar-refractivity contribution is -0.119. The van der Waals surface area contributed by atoms with Crippen LogP contribution in [0.25, 0.3) is 0 Å². The number of urea groups is 1. The largest absolute Gasteiger partial charge is 0.351 e. The average molecular weight is 284 g/mol. The molecule has 0 saturated heterocycles. The van der Waals surface area contributed by atoms with Gasteiger partial charge in [-0.1, -0.05) is 37.6 Å². The monoisotopic (exact) mass is 283 g/mol. The number of primary amides is 1. The fraction of sp³-hybridized carbons (Fsp3) is 0.385. The molecule has 4 N–H and O–H groups in total. The van der Waals surface area contributed by atoms with Crippen LogP contribution in [0.1, 0.15) is 25.5 Å². The topological polar surface area (TPSA) is 84.2 Å². The molecule has 0 heterocycles. The second kappa shape index (κ2) is 7.11. The molecular formula is C13H18ClN3O2. The Balaban J connectivity index is 2.66. The summed E-state index contributed by atoms with van der Waals surface area (Å²) < 4.78 is 0. The average Bonchev–Trinajstić information content (AvgIpc) is 2.30. The molecule has 104 valence electrons. The fourth-order valence-electron chi connectivity index (χ4n) is 1.79. The van der Waals surface area contributed by atoms with Crippen molar-refractivity contribution in [2.75, 3.05) is 6.54 Å². The SMILES string of the molecule is CC(C)C(NCC(=O)NC(N)=O)c1ccc(Cl)cc1. The summed E-state index contributed by atoms with van der Waals surface area (Å²) in [4.78, 5) is 21.9. The number of nitrogens with one attached hydrogen (secondary N) is 2. The first-order chi connectivity index (χ1) is 8.90. The van der Waals surface area contributed by atoms with Crippen molar-refractivity contribution in [3.8, 4) is 0 Å². The molecule has 3 amide bonds. The van der Waals surface area contributed by atoms with E-state index < -0.39 is 11.9 Å². The van der Waals surface area contributed by atoms with Crippen molar-refractivity contribution in [1.29, 1.82) is 0 Å². The number of halogens is 1. The van der Waals surface area contributed by atoms with E-state index in [0.29, 0.717) is 5.02 Å². The third kappa shape index (κ3) is 5.28. The highest BCUT2D eigenvalue weighted by atomic mass is 35.5. The van der Waals surface area contributed by atoms with E-state index in [1.807, 2.05) is 31.3 Å². The van der Waals surface area contributed by atoms with Crippen LogP contribution in [0.2, 0.25) is 5.02 Å². The Kier molecular flexibility index (Phi) is 5.79. The van der Waals surface area contributed by atoms with Gasteiger partial charge in [-0.3, -0.25) is 10.1 Å². The molecule has 19 heavy (non-hydrogen) atoms. The summed E-state index contributed by atoms with van der Waals surface area (Å²) in [7, 11) is 0. The highest BCUT2D eigenvalue weighted by Crippen LogP contribution is 2.22. The third-order valence-electron chi connectivity index (χ3n) is 2.64. The van der Waals surface area contributed by atoms with Crippen LogP contribution in [-0.2, 0) is 4.79 Å². The number of imide groups is 1. The van der Waals surface area contributed by atoms with Crippen molar-refractivity contribution in [2.24, 2.45) is 11.7 Å². The summed E-state index contributed by atoms with van der Waals surface area (Å²) in [6, 6.07) is 6.57. The maximum atomic E-state index is 11.4. The van der Waals surface area contributed by atoms with Gasteiger partial charge >= 0.3 is 6.03 Å². The summed E-state index contributed by atoms with van der Waals surface area (Å²) in [6.45, 7) is 4.10.